The first-order valence-electron chi connectivity index (χ1n) is 7.53. The van der Waals surface area contributed by atoms with Crippen molar-refractivity contribution in [3.05, 3.63) is 16.0 Å². The predicted molar refractivity (Wildman–Crippen MR) is 104 cm³/mol. The summed E-state index contributed by atoms with van der Waals surface area (Å²) >= 11 is 5.74. The van der Waals surface area contributed by atoms with E-state index in [1.165, 1.54) is 23.1 Å². The lowest BCUT2D eigenvalue weighted by Crippen LogP contribution is -2.05. The Morgan fingerprint density at radius 3 is 2.60 bits per heavy atom. The second-order valence-corrected chi connectivity index (χ2v) is 9.83. The van der Waals surface area contributed by atoms with Crippen LogP contribution in [0.15, 0.2) is 8.68 Å². The van der Waals surface area contributed by atoms with Crippen LogP contribution in [0.3, 0.4) is 0 Å². The maximum absolute atomic E-state index is 12.1. The number of nitrogen functional groups attached to an aromatic ring is 1. The molecule has 6 nitrogen and oxygen atoms in total. The van der Waals surface area contributed by atoms with Crippen LogP contribution in [-0.2, 0) is 10.5 Å². The molecule has 0 atom stereocenters. The molecule has 10 heteroatoms. The molecular formula is C15H18N4O2S4. The van der Waals surface area contributed by atoms with Crippen molar-refractivity contribution in [1.82, 2.24) is 10.2 Å². The largest absolute Gasteiger partial charge is 0.462 e. The molecule has 0 bridgehead atoms. The van der Waals surface area contributed by atoms with Crippen molar-refractivity contribution in [2.45, 2.75) is 35.2 Å². The minimum atomic E-state index is -0.443. The molecule has 0 aliphatic heterocycles. The zero-order valence-electron chi connectivity index (χ0n) is 14.1. The van der Waals surface area contributed by atoms with Gasteiger partial charge < -0.3 is 10.5 Å². The van der Waals surface area contributed by atoms with E-state index in [4.69, 9.17) is 10.5 Å². The third-order valence-corrected chi connectivity index (χ3v) is 7.56. The van der Waals surface area contributed by atoms with Crippen molar-refractivity contribution in [3.63, 3.8) is 0 Å². The average Bonchev–Trinajstić information content (AvgIpc) is 3.15. The lowest BCUT2D eigenvalue weighted by atomic mass is 10.2. The normalized spacial score (nSPS) is 10.8. The van der Waals surface area contributed by atoms with E-state index in [1.54, 1.807) is 18.7 Å². The highest BCUT2D eigenvalue weighted by Gasteiger charge is 2.23. The molecule has 0 saturated heterocycles. The number of thiophene rings is 1. The number of thioether (sulfide) groups is 2. The molecule has 2 aromatic rings. The fraction of sp³-hybridized carbons (Fsp3) is 0.467. The second-order valence-electron chi connectivity index (χ2n) is 5.31. The number of nitrogens with zero attached hydrogens (tertiary/aromatic N) is 3. The number of rotatable bonds is 8. The molecule has 2 heterocycles. The minimum absolute atomic E-state index is 0.276. The number of carbonyl (C=O) groups is 1. The van der Waals surface area contributed by atoms with Crippen molar-refractivity contribution in [1.29, 1.82) is 5.26 Å². The van der Waals surface area contributed by atoms with Crippen LogP contribution in [0.25, 0.3) is 0 Å². The van der Waals surface area contributed by atoms with Crippen molar-refractivity contribution in [3.8, 4) is 6.07 Å². The van der Waals surface area contributed by atoms with Gasteiger partial charge in [-0.3, -0.25) is 0 Å². The van der Waals surface area contributed by atoms with Crippen molar-refractivity contribution in [2.24, 2.45) is 5.92 Å². The molecule has 0 amide bonds. The Morgan fingerprint density at radius 2 is 2.00 bits per heavy atom. The number of esters is 1. The van der Waals surface area contributed by atoms with Gasteiger partial charge >= 0.3 is 5.97 Å². The molecule has 2 N–H and O–H groups in total. The second kappa shape index (κ2) is 9.43. The average molecular weight is 415 g/mol. The quantitative estimate of drug-likeness (QED) is 0.505. The number of hydrogen-bond acceptors (Lipinski definition) is 10. The van der Waals surface area contributed by atoms with Crippen LogP contribution in [0.2, 0.25) is 0 Å². The van der Waals surface area contributed by atoms with Crippen LogP contribution in [-0.4, -0.2) is 28.5 Å². The molecule has 0 aromatic carbocycles. The van der Waals surface area contributed by atoms with Gasteiger partial charge in [0.15, 0.2) is 8.68 Å². The van der Waals surface area contributed by atoms with Crippen LogP contribution in [0, 0.1) is 17.2 Å². The summed E-state index contributed by atoms with van der Waals surface area (Å²) in [5.74, 6) is 1.56. The molecule has 0 unspecified atom stereocenters. The SMILES string of the molecule is CCOC(=O)c1sc(N)c(C#N)c1CSc1nnc(SCC(C)C)s1. The number of aromatic nitrogens is 2. The summed E-state index contributed by atoms with van der Waals surface area (Å²) in [5, 5.41) is 18.0. The molecule has 0 fully saturated rings. The highest BCUT2D eigenvalue weighted by Crippen LogP contribution is 2.37. The molecule has 2 rings (SSSR count). The van der Waals surface area contributed by atoms with E-state index in [1.807, 2.05) is 0 Å². The maximum Gasteiger partial charge on any atom is 0.348 e. The molecule has 25 heavy (non-hydrogen) atoms. The molecular weight excluding hydrogens is 396 g/mol. The Morgan fingerprint density at radius 1 is 1.32 bits per heavy atom. The van der Waals surface area contributed by atoms with Gasteiger partial charge in [-0.1, -0.05) is 48.7 Å². The molecule has 0 saturated carbocycles. The third-order valence-electron chi connectivity index (χ3n) is 2.87. The Hall–Kier alpha value is -1.28. The van der Waals surface area contributed by atoms with Gasteiger partial charge in [-0.05, 0) is 12.8 Å². The molecule has 2 aromatic heterocycles. The van der Waals surface area contributed by atoms with Crippen LogP contribution in [0.4, 0.5) is 5.00 Å². The van der Waals surface area contributed by atoms with E-state index in [0.717, 1.165) is 25.8 Å². The summed E-state index contributed by atoms with van der Waals surface area (Å²) in [6, 6.07) is 2.08. The fourth-order valence-electron chi connectivity index (χ4n) is 1.79. The van der Waals surface area contributed by atoms with E-state index in [-0.39, 0.29) is 6.61 Å². The lowest BCUT2D eigenvalue weighted by Gasteiger charge is -2.03. The van der Waals surface area contributed by atoms with Crippen LogP contribution in [0.5, 0.6) is 0 Å². The monoisotopic (exact) mass is 414 g/mol. The third kappa shape index (κ3) is 5.34. The Balaban J connectivity index is 2.12. The van der Waals surface area contributed by atoms with Crippen molar-refractivity contribution < 1.29 is 9.53 Å². The number of nitrogens with two attached hydrogens (primary N) is 1. The summed E-state index contributed by atoms with van der Waals surface area (Å²) in [7, 11) is 0. The van der Waals surface area contributed by atoms with E-state index < -0.39 is 5.97 Å². The minimum Gasteiger partial charge on any atom is -0.462 e. The van der Waals surface area contributed by atoms with Crippen LogP contribution in [0.1, 0.15) is 41.6 Å². The molecule has 0 radical (unpaired) electrons. The molecule has 134 valence electrons. The Kier molecular flexibility index (Phi) is 7.56. The van der Waals surface area contributed by atoms with Gasteiger partial charge in [-0.25, -0.2) is 4.79 Å². The first-order chi connectivity index (χ1) is 12.0. The zero-order valence-corrected chi connectivity index (χ0v) is 17.3. The van der Waals surface area contributed by atoms with E-state index in [2.05, 4.69) is 30.1 Å². The number of nitriles is 1. The van der Waals surface area contributed by atoms with Crippen LogP contribution < -0.4 is 5.73 Å². The van der Waals surface area contributed by atoms with Gasteiger partial charge in [0.25, 0.3) is 0 Å². The Bertz CT molecular complexity index is 779. The molecule has 0 aliphatic rings. The zero-order chi connectivity index (χ0) is 18.4. The number of ether oxygens (including phenoxy) is 1. The summed E-state index contributed by atoms with van der Waals surface area (Å²) in [5.41, 5.74) is 6.84. The smallest absolute Gasteiger partial charge is 0.348 e. The van der Waals surface area contributed by atoms with Gasteiger partial charge in [0.05, 0.1) is 12.2 Å². The summed E-state index contributed by atoms with van der Waals surface area (Å²) in [4.78, 5) is 12.5. The van der Waals surface area contributed by atoms with Gasteiger partial charge in [0, 0.05) is 17.1 Å². The first-order valence-corrected chi connectivity index (χ1v) is 11.1. The summed E-state index contributed by atoms with van der Waals surface area (Å²) < 4.78 is 6.78. The highest BCUT2D eigenvalue weighted by atomic mass is 32.2. The number of carbonyl (C=O) groups excluding carboxylic acids is 1. The van der Waals surface area contributed by atoms with Gasteiger partial charge in [-0.15, -0.1) is 21.5 Å². The fourth-order valence-corrected chi connectivity index (χ4v) is 5.84. The van der Waals surface area contributed by atoms with Gasteiger partial charge in [-0.2, -0.15) is 5.26 Å². The lowest BCUT2D eigenvalue weighted by molar-refractivity contribution is 0.0531. The summed E-state index contributed by atoms with van der Waals surface area (Å²) in [6.45, 7) is 6.33. The predicted octanol–water partition coefficient (Wildman–Crippen LogP) is 4.27. The number of anilines is 1. The van der Waals surface area contributed by atoms with Crippen molar-refractivity contribution >= 4 is 57.2 Å². The Labute approximate surface area is 163 Å². The first kappa shape index (κ1) is 20.0. The topological polar surface area (TPSA) is 102 Å². The number of hydrogen-bond donors (Lipinski definition) is 1. The van der Waals surface area contributed by atoms with Gasteiger partial charge in [0.1, 0.15) is 15.9 Å². The highest BCUT2D eigenvalue weighted by molar-refractivity contribution is 8.02. The standard InChI is InChI=1S/C15H18N4O2S4/c1-4-21-13(20)11-10(9(5-16)12(17)24-11)7-23-15-19-18-14(25-15)22-6-8(2)3/h8H,4,6-7,17H2,1-3H3. The van der Waals surface area contributed by atoms with Crippen LogP contribution >= 0.6 is 46.2 Å². The van der Waals surface area contributed by atoms with E-state index in [0.29, 0.717) is 32.7 Å². The van der Waals surface area contributed by atoms with E-state index >= 15 is 0 Å². The molecule has 0 aliphatic carbocycles. The van der Waals surface area contributed by atoms with Crippen molar-refractivity contribution in [2.75, 3.05) is 18.1 Å². The maximum atomic E-state index is 12.1. The van der Waals surface area contributed by atoms with E-state index in [9.17, 15) is 10.1 Å². The molecule has 0 spiro atoms. The van der Waals surface area contributed by atoms with Gasteiger partial charge in [0.2, 0.25) is 0 Å². The summed E-state index contributed by atoms with van der Waals surface area (Å²) in [6.07, 6.45) is 0.